The van der Waals surface area contributed by atoms with Gasteiger partial charge in [0.2, 0.25) is 41.4 Å². The van der Waals surface area contributed by atoms with Gasteiger partial charge >= 0.3 is 0 Å². The molecule has 0 saturated carbocycles. The molecule has 73 heavy (non-hydrogen) atoms. The van der Waals surface area contributed by atoms with Crippen LogP contribution >= 0.6 is 0 Å². The van der Waals surface area contributed by atoms with Crippen LogP contribution in [-0.4, -0.2) is 119 Å². The zero-order chi connectivity index (χ0) is 53.7. The highest BCUT2D eigenvalue weighted by atomic mass is 16.2. The molecule has 4 rings (SSSR count). The second-order valence-corrected chi connectivity index (χ2v) is 18.9. The van der Waals surface area contributed by atoms with Gasteiger partial charge in [0.1, 0.15) is 29.4 Å². The van der Waals surface area contributed by atoms with Crippen LogP contribution in [0.3, 0.4) is 0 Å². The molecule has 0 unspecified atom stereocenters. The van der Waals surface area contributed by atoms with E-state index < -0.39 is 101 Å². The van der Waals surface area contributed by atoms with E-state index in [1.54, 1.807) is 36.5 Å². The number of fused-ring (bicyclic) bond motifs is 1. The average Bonchev–Trinajstić information content (AvgIpc) is 3.73. The van der Waals surface area contributed by atoms with Gasteiger partial charge in [-0.05, 0) is 88.8 Å². The van der Waals surface area contributed by atoms with Crippen LogP contribution < -0.4 is 60.6 Å². The summed E-state index contributed by atoms with van der Waals surface area (Å²) in [5, 5.41) is 16.8. The first kappa shape index (κ1) is 57.7. The van der Waals surface area contributed by atoms with Crippen molar-refractivity contribution in [2.75, 3.05) is 19.6 Å². The fourth-order valence-electron chi connectivity index (χ4n) is 8.46. The summed E-state index contributed by atoms with van der Waals surface area (Å²) in [7, 11) is 0. The van der Waals surface area contributed by atoms with Crippen molar-refractivity contribution in [3.8, 4) is 0 Å². The first-order valence-corrected chi connectivity index (χ1v) is 24.4. The first-order chi connectivity index (χ1) is 34.6. The lowest BCUT2D eigenvalue weighted by atomic mass is 9.83. The van der Waals surface area contributed by atoms with Crippen molar-refractivity contribution >= 4 is 75.7 Å². The Morgan fingerprint density at radius 3 is 2.10 bits per heavy atom. The molecule has 0 radical (unpaired) electrons. The van der Waals surface area contributed by atoms with Crippen molar-refractivity contribution in [3.05, 3.63) is 71.9 Å². The zero-order valence-corrected chi connectivity index (χ0v) is 41.8. The van der Waals surface area contributed by atoms with Crippen LogP contribution in [0.25, 0.3) is 10.9 Å². The van der Waals surface area contributed by atoms with Crippen molar-refractivity contribution in [1.82, 2.24) is 36.9 Å². The fraction of sp³-hybridized carbons (Fsp3) is 0.500. The van der Waals surface area contributed by atoms with Crippen LogP contribution in [0, 0.1) is 11.8 Å². The molecular formula is C50H72N14O9. The lowest BCUT2D eigenvalue weighted by Gasteiger charge is -2.31. The quantitative estimate of drug-likeness (QED) is 0.0478. The summed E-state index contributed by atoms with van der Waals surface area (Å²) in [5.41, 5.74) is 28.3. The maximum Gasteiger partial charge on any atom is 0.245 e. The minimum atomic E-state index is -1.78. The van der Waals surface area contributed by atoms with Gasteiger partial charge in [-0.2, -0.15) is 0 Å². The van der Waals surface area contributed by atoms with Gasteiger partial charge in [0, 0.05) is 68.3 Å². The van der Waals surface area contributed by atoms with Crippen molar-refractivity contribution in [1.29, 1.82) is 0 Å². The summed E-state index contributed by atoms with van der Waals surface area (Å²) in [5.74, 6) is -8.53. The zero-order valence-electron chi connectivity index (χ0n) is 41.8. The number of amides is 7. The number of hydrogen-bond acceptors (Lipinski definition) is 11. The van der Waals surface area contributed by atoms with Crippen LogP contribution in [0.2, 0.25) is 0 Å². The van der Waals surface area contributed by atoms with E-state index in [-0.39, 0.29) is 95.8 Å². The van der Waals surface area contributed by atoms with Crippen molar-refractivity contribution in [3.63, 3.8) is 0 Å². The normalized spacial score (nSPS) is 21.3. The van der Waals surface area contributed by atoms with Gasteiger partial charge in [-0.25, -0.2) is 0 Å². The van der Waals surface area contributed by atoms with Crippen LogP contribution in [0.5, 0.6) is 0 Å². The molecule has 23 nitrogen and oxygen atoms in total. The Bertz CT molecular complexity index is 2480. The van der Waals surface area contributed by atoms with Gasteiger partial charge in [0.25, 0.3) is 0 Å². The van der Waals surface area contributed by atoms with E-state index in [0.717, 1.165) is 16.5 Å². The number of benzene rings is 2. The molecule has 1 aromatic heterocycles. The summed E-state index contributed by atoms with van der Waals surface area (Å²) in [6, 6.07) is 11.1. The molecule has 1 aliphatic heterocycles. The van der Waals surface area contributed by atoms with Crippen molar-refractivity contribution in [2.45, 2.75) is 128 Å². The summed E-state index contributed by atoms with van der Waals surface area (Å²) >= 11 is 0. The third-order valence-corrected chi connectivity index (χ3v) is 12.4. The van der Waals surface area contributed by atoms with Gasteiger partial charge in [-0.15, -0.1) is 0 Å². The first-order valence-electron chi connectivity index (χ1n) is 24.4. The van der Waals surface area contributed by atoms with E-state index in [2.05, 4.69) is 46.9 Å². The molecule has 0 bridgehead atoms. The highest BCUT2D eigenvalue weighted by Crippen LogP contribution is 2.26. The Labute approximate surface area is 424 Å². The van der Waals surface area contributed by atoms with E-state index in [1.165, 1.54) is 20.8 Å². The number of nitrogens with two attached hydrogens (primary N) is 5. The van der Waals surface area contributed by atoms with Gasteiger partial charge < -0.3 is 65.6 Å². The monoisotopic (exact) mass is 1010 g/mol. The third-order valence-electron chi connectivity index (χ3n) is 12.4. The average molecular weight is 1010 g/mol. The number of hydrogen-bond donors (Lipinski definition) is 12. The summed E-state index contributed by atoms with van der Waals surface area (Å²) in [6.07, 6.45) is 1.84. The molecule has 3 aromatic rings. The van der Waals surface area contributed by atoms with Gasteiger partial charge in [-0.1, -0.05) is 48.5 Å². The molecule has 0 aliphatic carbocycles. The van der Waals surface area contributed by atoms with Gasteiger partial charge in [-0.3, -0.25) is 53.1 Å². The number of ketones is 2. The SMILES string of the molecule is CC(=O)N[C@@H](CCCN=C(N)N)C(=O)N[C@H]1CC(=O)NCCCC[C@@H](C(N)=O)NC(=O)[C@H](Cc2c[nH]c3ccccc23)CC(=O)[C@H](CCCN=C(N)N)CC(=O)[C@@H](Cc2ccccc2)NC(=O)C(C)(C)NC1=O. The number of aliphatic imine (C=N–C) groups is 2. The number of guanidine groups is 2. The van der Waals surface area contributed by atoms with Crippen LogP contribution in [0.15, 0.2) is 70.8 Å². The van der Waals surface area contributed by atoms with Crippen LogP contribution in [-0.2, 0) is 56.0 Å². The minimum absolute atomic E-state index is 0.0168. The molecule has 23 heteroatoms. The Hall–Kier alpha value is -7.85. The molecule has 2 aromatic carbocycles. The van der Waals surface area contributed by atoms with Crippen LogP contribution in [0.1, 0.15) is 96.1 Å². The number of primary amides is 1. The molecule has 1 saturated heterocycles. The molecular weight excluding hydrogens is 941 g/mol. The number of aromatic nitrogens is 1. The predicted molar refractivity (Wildman–Crippen MR) is 274 cm³/mol. The Kier molecular flexibility index (Phi) is 22.3. The van der Waals surface area contributed by atoms with E-state index in [4.69, 9.17) is 28.7 Å². The molecule has 2 heterocycles. The third kappa shape index (κ3) is 19.4. The molecule has 7 amide bonds. The summed E-state index contributed by atoms with van der Waals surface area (Å²) in [6.45, 7) is 4.27. The number of nitrogens with zero attached hydrogens (tertiary/aromatic N) is 2. The van der Waals surface area contributed by atoms with E-state index in [1.807, 2.05) is 24.3 Å². The maximum absolute atomic E-state index is 14.7. The fourth-order valence-corrected chi connectivity index (χ4v) is 8.46. The Morgan fingerprint density at radius 2 is 1.42 bits per heavy atom. The highest BCUT2D eigenvalue weighted by molar-refractivity contribution is 6.00. The second kappa shape index (κ2) is 28.3. The summed E-state index contributed by atoms with van der Waals surface area (Å²) < 4.78 is 0. The maximum atomic E-state index is 14.7. The molecule has 17 N–H and O–H groups in total. The number of para-hydroxylation sites is 1. The number of Topliss-reactive ketones (excluding diaryl/α,β-unsaturated/α-hetero) is 2. The van der Waals surface area contributed by atoms with Crippen molar-refractivity contribution < 1.29 is 43.2 Å². The van der Waals surface area contributed by atoms with E-state index in [0.29, 0.717) is 12.0 Å². The predicted octanol–water partition coefficient (Wildman–Crippen LogP) is -0.760. The molecule has 1 aliphatic rings. The number of nitrogens with one attached hydrogen (secondary N) is 7. The van der Waals surface area contributed by atoms with Gasteiger partial charge in [0.15, 0.2) is 17.7 Å². The molecule has 396 valence electrons. The van der Waals surface area contributed by atoms with Gasteiger partial charge in [0.05, 0.1) is 12.5 Å². The number of carbonyl (C=O) groups excluding carboxylic acids is 9. The number of carbonyl (C=O) groups is 9. The second-order valence-electron chi connectivity index (χ2n) is 18.9. The van der Waals surface area contributed by atoms with Crippen LogP contribution in [0.4, 0.5) is 0 Å². The molecule has 6 atom stereocenters. The highest BCUT2D eigenvalue weighted by Gasteiger charge is 2.38. The number of rotatable bonds is 16. The van der Waals surface area contributed by atoms with E-state index >= 15 is 0 Å². The lowest BCUT2D eigenvalue weighted by molar-refractivity contribution is -0.138. The standard InChI is InChI=1S/C50H72N14O9/c1-29(65)60-37(19-12-22-58-49(54)55)45(71)62-39-27-42(68)56-20-10-9-18-36(43(51)69)61-44(70)32(24-33-28-59-35-17-8-7-16-34(33)35)26-40(66)31(15-11-21-57-48(52)53)25-41(67)38(23-30-13-5-4-6-14-30)63-47(73)50(2,3)64-46(39)72/h4-8,13-14,16-17,28,31-32,36-39,59H,9-12,15,18-27H2,1-3H3,(H2,51,69)(H,56,68)(H,60,65)(H,61,70)(H,62,71)(H,63,73)(H,64,72)(H4,52,53,57)(H4,54,55,58)/t31-,32-,36+,37+,38-,39+/m1/s1. The largest absolute Gasteiger partial charge is 0.370 e. The Balaban J connectivity index is 1.74. The number of H-pyrrole nitrogens is 1. The smallest absolute Gasteiger partial charge is 0.245 e. The topological polar surface area (TPSA) is 396 Å². The molecule has 0 spiro atoms. The Morgan fingerprint density at radius 1 is 0.767 bits per heavy atom. The number of aromatic amines is 1. The van der Waals surface area contributed by atoms with E-state index in [9.17, 15) is 43.2 Å². The minimum Gasteiger partial charge on any atom is -0.370 e. The summed E-state index contributed by atoms with van der Waals surface area (Å²) in [4.78, 5) is 136. The lowest BCUT2D eigenvalue weighted by Crippen LogP contribution is -2.62. The van der Waals surface area contributed by atoms with Crippen molar-refractivity contribution in [2.24, 2.45) is 50.5 Å². The molecule has 1 fully saturated rings.